The van der Waals surface area contributed by atoms with E-state index >= 15 is 0 Å². The SMILES string of the molecule is C=CCOCC(O)CS(=O)(=O)O.O=C1CCCN1.[CH-]=C.[Na+]. The van der Waals surface area contributed by atoms with Gasteiger partial charge in [-0.15, -0.1) is 6.58 Å². The zero-order valence-electron chi connectivity index (χ0n) is 12.3. The summed E-state index contributed by atoms with van der Waals surface area (Å²) in [4.78, 5) is 10.1. The van der Waals surface area contributed by atoms with Gasteiger partial charge in [-0.25, -0.2) is 0 Å². The van der Waals surface area contributed by atoms with Crippen LogP contribution < -0.4 is 34.9 Å². The minimum Gasteiger partial charge on any atom is -0.521 e. The summed E-state index contributed by atoms with van der Waals surface area (Å²) in [6.07, 6.45) is 2.04. The molecule has 3 N–H and O–H groups in total. The van der Waals surface area contributed by atoms with Crippen LogP contribution in [0, 0.1) is 6.58 Å². The number of amides is 1. The molecule has 7 nitrogen and oxygen atoms in total. The Labute approximate surface area is 148 Å². The Balaban J connectivity index is -0.000000301. The van der Waals surface area contributed by atoms with E-state index in [1.54, 1.807) is 0 Å². The Morgan fingerprint density at radius 1 is 1.48 bits per heavy atom. The Hall–Kier alpha value is -0.220. The van der Waals surface area contributed by atoms with Crippen LogP contribution in [0.25, 0.3) is 0 Å². The topological polar surface area (TPSA) is 113 Å². The fraction of sp³-hybridized carbons (Fsp3) is 0.583. The molecule has 1 aliphatic heterocycles. The molecule has 0 radical (unpaired) electrons. The molecule has 1 aliphatic rings. The van der Waals surface area contributed by atoms with E-state index in [4.69, 9.17) is 14.4 Å². The van der Waals surface area contributed by atoms with Gasteiger partial charge in [0.15, 0.2) is 0 Å². The largest absolute Gasteiger partial charge is 1.00 e. The monoisotopic (exact) mass is 331 g/mol. The van der Waals surface area contributed by atoms with Gasteiger partial charge in [0.05, 0.1) is 19.3 Å². The van der Waals surface area contributed by atoms with Crippen LogP contribution >= 0.6 is 0 Å². The smallest absolute Gasteiger partial charge is 0.521 e. The maximum Gasteiger partial charge on any atom is 1.00 e. The van der Waals surface area contributed by atoms with Crippen LogP contribution in [0.1, 0.15) is 12.8 Å². The molecular weight excluding hydrogens is 309 g/mol. The molecule has 21 heavy (non-hydrogen) atoms. The predicted octanol–water partition coefficient (Wildman–Crippen LogP) is -3.06. The maximum atomic E-state index is 10.2. The number of nitrogens with one attached hydrogen (secondary N) is 1. The van der Waals surface area contributed by atoms with E-state index in [1.807, 2.05) is 0 Å². The van der Waals surface area contributed by atoms with Crippen LogP contribution in [0.15, 0.2) is 19.2 Å². The number of hydrogen-bond donors (Lipinski definition) is 3. The molecular formula is C12H22NNaO6S. The minimum atomic E-state index is -4.12. The van der Waals surface area contributed by atoms with Crippen LogP contribution in [0.5, 0.6) is 0 Å². The summed E-state index contributed by atoms with van der Waals surface area (Å²) in [6.45, 7) is 11.4. The van der Waals surface area contributed by atoms with E-state index in [0.29, 0.717) is 0 Å². The molecule has 1 unspecified atom stereocenters. The Bertz CT molecular complexity index is 366. The summed E-state index contributed by atoms with van der Waals surface area (Å²) in [7, 11) is -4.12. The van der Waals surface area contributed by atoms with E-state index in [1.165, 1.54) is 6.08 Å². The molecule has 0 aromatic carbocycles. The summed E-state index contributed by atoms with van der Waals surface area (Å²) in [5, 5.41) is 11.6. The van der Waals surface area contributed by atoms with Gasteiger partial charge in [0.1, 0.15) is 5.75 Å². The van der Waals surface area contributed by atoms with Crippen molar-refractivity contribution in [1.29, 1.82) is 0 Å². The van der Waals surface area contributed by atoms with Crippen molar-refractivity contribution >= 4 is 16.0 Å². The molecule has 0 aromatic heterocycles. The molecule has 1 saturated heterocycles. The Morgan fingerprint density at radius 2 is 2.05 bits per heavy atom. The normalized spacial score (nSPS) is 14.3. The summed E-state index contributed by atoms with van der Waals surface area (Å²) in [5.74, 6) is -0.501. The molecule has 1 amide bonds. The molecule has 9 heteroatoms. The minimum absolute atomic E-state index is 0. The van der Waals surface area contributed by atoms with Crippen LogP contribution in [-0.4, -0.2) is 55.6 Å². The second kappa shape index (κ2) is 16.2. The molecule has 0 aliphatic carbocycles. The standard InChI is InChI=1S/C6H12O5S.C4H7NO.C2H3.Na/c1-2-3-11-4-6(7)5-12(8,9)10;6-4-2-1-3-5-4;1-2;/h2,6-7H,1,3-5H2,(H,8,9,10);1-3H2,(H,5,6);1H,2H2;/q;;-1;+1. The molecule has 1 fully saturated rings. The predicted molar refractivity (Wildman–Crippen MR) is 75.6 cm³/mol. The summed E-state index contributed by atoms with van der Waals surface area (Å²) >= 11 is 0. The average Bonchev–Trinajstić information content (AvgIpc) is 2.82. The van der Waals surface area contributed by atoms with E-state index in [0.717, 1.165) is 19.4 Å². The van der Waals surface area contributed by atoms with E-state index < -0.39 is 22.0 Å². The number of ether oxygens (including phenoxy) is 1. The number of carbonyl (C=O) groups excluding carboxylic acids is 1. The molecule has 1 heterocycles. The third-order valence-corrected chi connectivity index (χ3v) is 2.66. The van der Waals surface area contributed by atoms with Crippen molar-refractivity contribution in [3.05, 3.63) is 25.8 Å². The van der Waals surface area contributed by atoms with Gasteiger partial charge in [0, 0.05) is 13.0 Å². The van der Waals surface area contributed by atoms with Crippen LogP contribution in [0.2, 0.25) is 0 Å². The van der Waals surface area contributed by atoms with Crippen molar-refractivity contribution in [2.75, 3.05) is 25.5 Å². The second-order valence-electron chi connectivity index (χ2n) is 3.68. The first-order valence-electron chi connectivity index (χ1n) is 5.84. The molecule has 1 rings (SSSR count). The van der Waals surface area contributed by atoms with Crippen molar-refractivity contribution in [2.24, 2.45) is 0 Å². The molecule has 1 atom stereocenters. The summed E-state index contributed by atoms with van der Waals surface area (Å²) in [5.41, 5.74) is 0. The fourth-order valence-corrected chi connectivity index (χ4v) is 1.73. The average molecular weight is 331 g/mol. The third kappa shape index (κ3) is 22.2. The van der Waals surface area contributed by atoms with Crippen molar-refractivity contribution in [3.63, 3.8) is 0 Å². The van der Waals surface area contributed by atoms with Gasteiger partial charge in [0.25, 0.3) is 10.1 Å². The number of carbonyl (C=O) groups is 1. The van der Waals surface area contributed by atoms with Gasteiger partial charge in [0.2, 0.25) is 5.91 Å². The number of rotatable bonds is 6. The van der Waals surface area contributed by atoms with Gasteiger partial charge < -0.3 is 21.7 Å². The zero-order valence-corrected chi connectivity index (χ0v) is 15.1. The summed E-state index contributed by atoms with van der Waals surface area (Å²) < 4.78 is 33.4. The molecule has 0 saturated carbocycles. The van der Waals surface area contributed by atoms with E-state index in [-0.39, 0.29) is 48.7 Å². The van der Waals surface area contributed by atoms with Gasteiger partial charge in [-0.1, -0.05) is 6.08 Å². The van der Waals surface area contributed by atoms with Gasteiger partial charge in [-0.2, -0.15) is 8.42 Å². The van der Waals surface area contributed by atoms with Crippen LogP contribution in [0.3, 0.4) is 0 Å². The van der Waals surface area contributed by atoms with Crippen molar-refractivity contribution < 1.29 is 57.2 Å². The van der Waals surface area contributed by atoms with Crippen molar-refractivity contribution in [3.8, 4) is 0 Å². The van der Waals surface area contributed by atoms with Gasteiger partial charge >= 0.3 is 29.6 Å². The second-order valence-corrected chi connectivity index (χ2v) is 5.18. The zero-order chi connectivity index (χ0) is 16.0. The van der Waals surface area contributed by atoms with Gasteiger partial charge in [-0.05, 0) is 6.42 Å². The van der Waals surface area contributed by atoms with E-state index in [9.17, 15) is 13.2 Å². The van der Waals surface area contributed by atoms with Crippen LogP contribution in [0.4, 0.5) is 0 Å². The quantitative estimate of drug-likeness (QED) is 0.157. The first-order chi connectivity index (χ1) is 9.35. The number of hydrogen-bond acceptors (Lipinski definition) is 5. The fourth-order valence-electron chi connectivity index (χ4n) is 1.14. The Kier molecular flexibility index (Phi) is 19.8. The maximum absolute atomic E-state index is 10.2. The van der Waals surface area contributed by atoms with Gasteiger partial charge in [-0.3, -0.25) is 15.9 Å². The van der Waals surface area contributed by atoms with Crippen LogP contribution in [-0.2, 0) is 19.6 Å². The third-order valence-electron chi connectivity index (χ3n) is 1.85. The molecule has 0 spiro atoms. The number of aliphatic hydroxyl groups excluding tert-OH is 1. The number of aliphatic hydroxyl groups is 1. The molecule has 0 bridgehead atoms. The molecule has 0 aromatic rings. The summed E-state index contributed by atoms with van der Waals surface area (Å²) in [6, 6.07) is 0. The first-order valence-corrected chi connectivity index (χ1v) is 7.45. The molecule has 118 valence electrons. The van der Waals surface area contributed by atoms with Crippen molar-refractivity contribution in [2.45, 2.75) is 18.9 Å². The Morgan fingerprint density at radius 3 is 2.33 bits per heavy atom. The van der Waals surface area contributed by atoms with E-state index in [2.05, 4.69) is 25.1 Å². The van der Waals surface area contributed by atoms with Crippen molar-refractivity contribution in [1.82, 2.24) is 5.32 Å². The first kappa shape index (κ1) is 25.7.